The molecule has 64 valence electrons. The third-order valence-electron chi connectivity index (χ3n) is 0.878. The minimum absolute atomic E-state index is 0.0880. The third kappa shape index (κ3) is 28.7. The molecule has 0 fully saturated rings. The maximum atomic E-state index is 8.36. The van der Waals surface area contributed by atoms with Gasteiger partial charge < -0.3 is 10.9 Å². The van der Waals surface area contributed by atoms with Crippen LogP contribution in [0.15, 0.2) is 0 Å². The van der Waals surface area contributed by atoms with Crippen LogP contribution >= 0.6 is 0 Å². The van der Waals surface area contributed by atoms with Crippen LogP contribution in [0.25, 0.3) is 0 Å². The molecule has 0 heterocycles. The molecule has 6 heteroatoms. The minimum Gasteiger partial charge on any atom is -0.328 e. The molecule has 0 radical (unpaired) electrons. The average molecular weight is 161 g/mol. The predicted octanol–water partition coefficient (Wildman–Crippen LogP) is 0.290. The summed E-state index contributed by atoms with van der Waals surface area (Å²) >= 11 is 0. The van der Waals surface area contributed by atoms with Crippen molar-refractivity contribution < 1.29 is 10.3 Å². The lowest BCUT2D eigenvalue weighted by atomic mass is 10.2. The standard InChI is InChI=1S/C5H10N2.HNO3/c1-2-5(7)3-4-6;2-1(3)4/h5H,2-3,7H2,1H3;(H,2,3,4). The first kappa shape index (κ1) is 12.3. The van der Waals surface area contributed by atoms with Crippen LogP contribution in [0.5, 0.6) is 0 Å². The van der Waals surface area contributed by atoms with Gasteiger partial charge in [-0.15, -0.1) is 10.1 Å². The second kappa shape index (κ2) is 8.65. The zero-order valence-electron chi connectivity index (χ0n) is 6.23. The van der Waals surface area contributed by atoms with E-state index < -0.39 is 5.09 Å². The van der Waals surface area contributed by atoms with Crippen LogP contribution in [-0.2, 0) is 0 Å². The van der Waals surface area contributed by atoms with Crippen LogP contribution in [-0.4, -0.2) is 16.3 Å². The predicted molar refractivity (Wildman–Crippen MR) is 37.3 cm³/mol. The molecular formula is C5H11N3O3. The van der Waals surface area contributed by atoms with Crippen molar-refractivity contribution in [3.8, 4) is 6.07 Å². The van der Waals surface area contributed by atoms with Gasteiger partial charge in [0.05, 0.1) is 12.5 Å². The van der Waals surface area contributed by atoms with Crippen molar-refractivity contribution in [2.75, 3.05) is 0 Å². The van der Waals surface area contributed by atoms with Crippen LogP contribution in [0, 0.1) is 21.4 Å². The first-order valence-corrected chi connectivity index (χ1v) is 3.00. The molecule has 11 heavy (non-hydrogen) atoms. The quantitative estimate of drug-likeness (QED) is 0.446. The molecule has 0 rings (SSSR count). The molecule has 0 aliphatic carbocycles. The second-order valence-electron chi connectivity index (χ2n) is 1.77. The average Bonchev–Trinajstić information content (AvgIpc) is 1.87. The van der Waals surface area contributed by atoms with Gasteiger partial charge in [-0.25, -0.2) is 0 Å². The van der Waals surface area contributed by atoms with Gasteiger partial charge in [-0.1, -0.05) is 6.92 Å². The SMILES string of the molecule is CCC(N)CC#N.O=[N+]([O-])O. The van der Waals surface area contributed by atoms with Crippen molar-refractivity contribution in [3.05, 3.63) is 10.1 Å². The number of nitriles is 1. The van der Waals surface area contributed by atoms with E-state index in [1.807, 2.05) is 13.0 Å². The molecular weight excluding hydrogens is 150 g/mol. The summed E-state index contributed by atoms with van der Waals surface area (Å²) in [7, 11) is 0. The molecule has 0 aromatic heterocycles. The highest BCUT2D eigenvalue weighted by molar-refractivity contribution is 4.76. The van der Waals surface area contributed by atoms with Gasteiger partial charge in [0.1, 0.15) is 0 Å². The fourth-order valence-corrected chi connectivity index (χ4v) is 0.262. The Balaban J connectivity index is 0. The largest absolute Gasteiger partial charge is 0.328 e. The third-order valence-corrected chi connectivity index (χ3v) is 0.878. The van der Waals surface area contributed by atoms with Gasteiger partial charge in [-0.05, 0) is 6.42 Å². The molecule has 0 bridgehead atoms. The Hall–Kier alpha value is -1.35. The zero-order valence-corrected chi connectivity index (χ0v) is 6.23. The van der Waals surface area contributed by atoms with Gasteiger partial charge in [-0.2, -0.15) is 5.26 Å². The Labute approximate surface area is 64.3 Å². The molecule has 0 saturated carbocycles. The van der Waals surface area contributed by atoms with Gasteiger partial charge in [0, 0.05) is 6.04 Å². The maximum Gasteiger partial charge on any atom is 0.291 e. The Bertz CT molecular complexity index is 138. The van der Waals surface area contributed by atoms with Gasteiger partial charge >= 0.3 is 0 Å². The summed E-state index contributed by atoms with van der Waals surface area (Å²) in [6.07, 6.45) is 1.38. The molecule has 0 aliphatic rings. The Morgan fingerprint density at radius 3 is 2.36 bits per heavy atom. The number of rotatable bonds is 2. The summed E-state index contributed by atoms with van der Waals surface area (Å²) in [5.41, 5.74) is 5.36. The molecule has 1 atom stereocenters. The Morgan fingerprint density at radius 2 is 2.27 bits per heavy atom. The van der Waals surface area contributed by atoms with E-state index in [1.165, 1.54) is 0 Å². The van der Waals surface area contributed by atoms with Gasteiger partial charge in [0.25, 0.3) is 5.09 Å². The summed E-state index contributed by atoms with van der Waals surface area (Å²) in [5, 5.41) is 21.7. The molecule has 0 saturated heterocycles. The molecule has 0 aromatic rings. The lowest BCUT2D eigenvalue weighted by molar-refractivity contribution is -0.742. The Morgan fingerprint density at radius 1 is 1.91 bits per heavy atom. The number of nitrogens with two attached hydrogens (primary N) is 1. The summed E-state index contributed by atoms with van der Waals surface area (Å²) in [5.74, 6) is 0. The molecule has 0 aromatic carbocycles. The van der Waals surface area contributed by atoms with E-state index in [1.54, 1.807) is 0 Å². The van der Waals surface area contributed by atoms with Crippen LogP contribution in [0.3, 0.4) is 0 Å². The fourth-order valence-electron chi connectivity index (χ4n) is 0.262. The van der Waals surface area contributed by atoms with Crippen molar-refractivity contribution in [2.24, 2.45) is 5.73 Å². The second-order valence-corrected chi connectivity index (χ2v) is 1.77. The smallest absolute Gasteiger partial charge is 0.291 e. The van der Waals surface area contributed by atoms with E-state index in [0.717, 1.165) is 6.42 Å². The summed E-state index contributed by atoms with van der Waals surface area (Å²) in [6.45, 7) is 1.97. The van der Waals surface area contributed by atoms with Crippen LogP contribution in [0.4, 0.5) is 0 Å². The van der Waals surface area contributed by atoms with Crippen molar-refractivity contribution in [2.45, 2.75) is 25.8 Å². The van der Waals surface area contributed by atoms with Gasteiger partial charge in [0.2, 0.25) is 0 Å². The van der Waals surface area contributed by atoms with Crippen molar-refractivity contribution >= 4 is 0 Å². The number of hydrogen-bond acceptors (Lipinski definition) is 4. The molecule has 3 N–H and O–H groups in total. The first-order chi connectivity index (χ1) is 5.04. The molecule has 0 amide bonds. The first-order valence-electron chi connectivity index (χ1n) is 3.00. The Kier molecular flexibility index (Phi) is 9.70. The summed E-state index contributed by atoms with van der Waals surface area (Å²) < 4.78 is 0. The topological polar surface area (TPSA) is 113 Å². The van der Waals surface area contributed by atoms with E-state index in [0.29, 0.717) is 6.42 Å². The summed E-state index contributed by atoms with van der Waals surface area (Å²) in [4.78, 5) is 8.36. The van der Waals surface area contributed by atoms with E-state index in [2.05, 4.69) is 0 Å². The van der Waals surface area contributed by atoms with Crippen molar-refractivity contribution in [1.29, 1.82) is 5.26 Å². The highest BCUT2D eigenvalue weighted by Gasteiger charge is 1.93. The lowest BCUT2D eigenvalue weighted by Gasteiger charge is -1.97. The highest BCUT2D eigenvalue weighted by atomic mass is 16.9. The molecule has 0 spiro atoms. The van der Waals surface area contributed by atoms with Crippen LogP contribution < -0.4 is 5.73 Å². The molecule has 6 nitrogen and oxygen atoms in total. The fraction of sp³-hybridized carbons (Fsp3) is 0.800. The normalized spacial score (nSPS) is 10.3. The molecule has 1 unspecified atom stereocenters. The highest BCUT2D eigenvalue weighted by Crippen LogP contribution is 1.88. The molecule has 0 aliphatic heterocycles. The van der Waals surface area contributed by atoms with E-state index in [9.17, 15) is 0 Å². The van der Waals surface area contributed by atoms with Crippen LogP contribution in [0.2, 0.25) is 0 Å². The lowest BCUT2D eigenvalue weighted by Crippen LogP contribution is -2.16. The van der Waals surface area contributed by atoms with Gasteiger partial charge in [0.15, 0.2) is 0 Å². The van der Waals surface area contributed by atoms with E-state index in [4.69, 9.17) is 26.3 Å². The zero-order chi connectivity index (χ0) is 9.28. The van der Waals surface area contributed by atoms with E-state index in [-0.39, 0.29) is 6.04 Å². The van der Waals surface area contributed by atoms with Crippen molar-refractivity contribution in [3.63, 3.8) is 0 Å². The van der Waals surface area contributed by atoms with Crippen LogP contribution in [0.1, 0.15) is 19.8 Å². The van der Waals surface area contributed by atoms with E-state index >= 15 is 0 Å². The number of hydrogen-bond donors (Lipinski definition) is 2. The monoisotopic (exact) mass is 161 g/mol. The minimum atomic E-state index is -1.50. The van der Waals surface area contributed by atoms with Gasteiger partial charge in [-0.3, -0.25) is 0 Å². The van der Waals surface area contributed by atoms with Crippen molar-refractivity contribution in [1.82, 2.24) is 0 Å². The number of nitrogens with zero attached hydrogens (tertiary/aromatic N) is 2. The maximum absolute atomic E-state index is 8.36. The summed E-state index contributed by atoms with van der Waals surface area (Å²) in [6, 6.07) is 2.08.